The van der Waals surface area contributed by atoms with Crippen LogP contribution in [0.1, 0.15) is 38.2 Å². The first kappa shape index (κ1) is 16.0. The van der Waals surface area contributed by atoms with Crippen LogP contribution in [0.4, 0.5) is 0 Å². The van der Waals surface area contributed by atoms with E-state index in [1.54, 1.807) is 7.05 Å². The maximum Gasteiger partial charge on any atom is 0.329 e. The van der Waals surface area contributed by atoms with Gasteiger partial charge in [0.15, 0.2) is 5.54 Å². The van der Waals surface area contributed by atoms with Crippen LogP contribution in [0.3, 0.4) is 0 Å². The predicted octanol–water partition coefficient (Wildman–Crippen LogP) is 2.45. The summed E-state index contributed by atoms with van der Waals surface area (Å²) in [4.78, 5) is 14.4. The largest absolute Gasteiger partial charge is 0.480 e. The van der Waals surface area contributed by atoms with Gasteiger partial charge in [0.25, 0.3) is 0 Å². The highest BCUT2D eigenvalue weighted by Crippen LogP contribution is 2.31. The first-order valence-corrected chi connectivity index (χ1v) is 7.86. The second kappa shape index (κ2) is 7.05. The molecule has 21 heavy (non-hydrogen) atoms. The molecule has 0 aliphatic heterocycles. The minimum Gasteiger partial charge on any atom is -0.480 e. The smallest absolute Gasteiger partial charge is 0.329 e. The monoisotopic (exact) mass is 290 g/mol. The van der Waals surface area contributed by atoms with E-state index < -0.39 is 11.5 Å². The summed E-state index contributed by atoms with van der Waals surface area (Å²) in [7, 11) is 1.74. The van der Waals surface area contributed by atoms with Gasteiger partial charge in [0.1, 0.15) is 0 Å². The van der Waals surface area contributed by atoms with Crippen LogP contribution in [0.2, 0.25) is 0 Å². The average molecular weight is 290 g/mol. The maximum atomic E-state index is 12.0. The van der Waals surface area contributed by atoms with Gasteiger partial charge in [0.2, 0.25) is 0 Å². The molecule has 0 heterocycles. The Labute approximate surface area is 127 Å². The zero-order valence-corrected chi connectivity index (χ0v) is 13.0. The molecular formula is C17H26N2O2. The molecule has 0 saturated heterocycles. The fourth-order valence-electron chi connectivity index (χ4n) is 2.83. The van der Waals surface area contributed by atoms with Gasteiger partial charge in [-0.05, 0) is 38.4 Å². The first-order valence-electron chi connectivity index (χ1n) is 7.86. The Bertz CT molecular complexity index is 459. The number of rotatable bonds is 9. The van der Waals surface area contributed by atoms with Crippen molar-refractivity contribution in [2.24, 2.45) is 0 Å². The van der Waals surface area contributed by atoms with Crippen molar-refractivity contribution in [2.45, 2.75) is 44.2 Å². The van der Waals surface area contributed by atoms with Crippen LogP contribution in [-0.2, 0) is 10.3 Å². The van der Waals surface area contributed by atoms with Gasteiger partial charge in [-0.2, -0.15) is 0 Å². The summed E-state index contributed by atoms with van der Waals surface area (Å²) in [6.07, 6.45) is 4.63. The fourth-order valence-corrected chi connectivity index (χ4v) is 2.83. The van der Waals surface area contributed by atoms with Crippen molar-refractivity contribution in [3.05, 3.63) is 35.9 Å². The lowest BCUT2D eigenvalue weighted by Gasteiger charge is -2.35. The zero-order chi connectivity index (χ0) is 15.3. The summed E-state index contributed by atoms with van der Waals surface area (Å²) < 4.78 is 0. The van der Waals surface area contributed by atoms with Crippen molar-refractivity contribution in [3.8, 4) is 0 Å². The van der Waals surface area contributed by atoms with E-state index in [4.69, 9.17) is 0 Å². The molecule has 116 valence electrons. The van der Waals surface area contributed by atoms with Gasteiger partial charge in [-0.3, -0.25) is 4.90 Å². The lowest BCUT2D eigenvalue weighted by molar-refractivity contribution is -0.146. The molecule has 4 heteroatoms. The van der Waals surface area contributed by atoms with Crippen LogP contribution >= 0.6 is 0 Å². The number of hydrogen-bond acceptors (Lipinski definition) is 3. The van der Waals surface area contributed by atoms with Gasteiger partial charge in [-0.1, -0.05) is 43.7 Å². The van der Waals surface area contributed by atoms with E-state index in [0.29, 0.717) is 12.6 Å². The van der Waals surface area contributed by atoms with Gasteiger partial charge in [-0.25, -0.2) is 4.79 Å². The van der Waals surface area contributed by atoms with Crippen LogP contribution in [-0.4, -0.2) is 42.2 Å². The summed E-state index contributed by atoms with van der Waals surface area (Å²) in [5.41, 5.74) is -0.209. The van der Waals surface area contributed by atoms with E-state index in [9.17, 15) is 9.90 Å². The molecule has 1 aromatic carbocycles. The van der Waals surface area contributed by atoms with E-state index in [0.717, 1.165) is 24.9 Å². The Hall–Kier alpha value is -1.39. The summed E-state index contributed by atoms with van der Waals surface area (Å²) in [5, 5.41) is 12.9. The zero-order valence-electron chi connectivity index (χ0n) is 13.0. The number of nitrogens with one attached hydrogen (secondary N) is 1. The minimum atomic E-state index is -1.03. The minimum absolute atomic E-state index is 0.521. The molecule has 1 unspecified atom stereocenters. The summed E-state index contributed by atoms with van der Waals surface area (Å²) >= 11 is 0. The molecule has 4 nitrogen and oxygen atoms in total. The van der Waals surface area contributed by atoms with Crippen molar-refractivity contribution in [3.63, 3.8) is 0 Å². The molecule has 1 saturated carbocycles. The number of aliphatic carboxylic acids is 1. The average Bonchev–Trinajstić information content (AvgIpc) is 3.33. The van der Waals surface area contributed by atoms with E-state index in [-0.39, 0.29) is 0 Å². The number of nitrogens with zero attached hydrogens (tertiary/aromatic N) is 1. The van der Waals surface area contributed by atoms with Crippen molar-refractivity contribution in [1.82, 2.24) is 10.2 Å². The molecule has 1 aliphatic rings. The molecule has 2 N–H and O–H groups in total. The van der Waals surface area contributed by atoms with Crippen molar-refractivity contribution in [1.29, 1.82) is 0 Å². The second-order valence-corrected chi connectivity index (χ2v) is 5.88. The molecule has 0 bridgehead atoms. The summed E-state index contributed by atoms with van der Waals surface area (Å²) in [6.45, 7) is 3.67. The lowest BCUT2D eigenvalue weighted by Crippen LogP contribution is -2.55. The van der Waals surface area contributed by atoms with E-state index in [1.807, 2.05) is 30.3 Å². The first-order chi connectivity index (χ1) is 10.1. The van der Waals surface area contributed by atoms with Crippen LogP contribution < -0.4 is 5.32 Å². The topological polar surface area (TPSA) is 52.6 Å². The van der Waals surface area contributed by atoms with E-state index in [2.05, 4.69) is 17.1 Å². The fraction of sp³-hybridized carbons (Fsp3) is 0.588. The van der Waals surface area contributed by atoms with Gasteiger partial charge < -0.3 is 10.4 Å². The van der Waals surface area contributed by atoms with Crippen molar-refractivity contribution < 1.29 is 9.90 Å². The van der Waals surface area contributed by atoms with Gasteiger partial charge in [0, 0.05) is 12.6 Å². The van der Waals surface area contributed by atoms with Crippen LogP contribution in [0.15, 0.2) is 30.3 Å². The van der Waals surface area contributed by atoms with Crippen LogP contribution in [0, 0.1) is 0 Å². The van der Waals surface area contributed by atoms with E-state index in [1.165, 1.54) is 12.8 Å². The number of carboxylic acids is 1. The maximum absolute atomic E-state index is 12.0. The van der Waals surface area contributed by atoms with Gasteiger partial charge >= 0.3 is 5.97 Å². The number of carbonyl (C=O) groups is 1. The number of carboxylic acid groups (broad SMARTS) is 1. The molecule has 1 aromatic rings. The molecule has 0 radical (unpaired) electrons. The second-order valence-electron chi connectivity index (χ2n) is 5.88. The Kier molecular flexibility index (Phi) is 5.37. The third-order valence-corrected chi connectivity index (χ3v) is 4.36. The Morgan fingerprint density at radius 3 is 2.52 bits per heavy atom. The van der Waals surface area contributed by atoms with Gasteiger partial charge in [0.05, 0.1) is 0 Å². The molecule has 1 atom stereocenters. The number of hydrogen-bond donors (Lipinski definition) is 2. The van der Waals surface area contributed by atoms with Crippen LogP contribution in [0.25, 0.3) is 0 Å². The quantitative estimate of drug-likeness (QED) is 0.733. The molecular weight excluding hydrogens is 264 g/mol. The number of benzene rings is 1. The van der Waals surface area contributed by atoms with E-state index >= 15 is 0 Å². The molecule has 1 fully saturated rings. The Balaban J connectivity index is 2.24. The SMILES string of the molecule is CCCCN(CC(NC)(C(=O)O)c1ccccc1)C1CC1. The van der Waals surface area contributed by atoms with Crippen molar-refractivity contribution >= 4 is 5.97 Å². The van der Waals surface area contributed by atoms with Gasteiger partial charge in [-0.15, -0.1) is 0 Å². The molecule has 1 aliphatic carbocycles. The lowest BCUT2D eigenvalue weighted by atomic mass is 9.89. The van der Waals surface area contributed by atoms with Crippen molar-refractivity contribution in [2.75, 3.05) is 20.1 Å². The third-order valence-electron chi connectivity index (χ3n) is 4.36. The normalized spacial score (nSPS) is 17.7. The Morgan fingerprint density at radius 1 is 1.38 bits per heavy atom. The summed E-state index contributed by atoms with van der Waals surface area (Å²) in [5.74, 6) is -0.807. The molecule has 0 aromatic heterocycles. The van der Waals surface area contributed by atoms with Crippen LogP contribution in [0.5, 0.6) is 0 Å². The Morgan fingerprint density at radius 2 is 2.05 bits per heavy atom. The highest BCUT2D eigenvalue weighted by atomic mass is 16.4. The molecule has 0 amide bonds. The summed E-state index contributed by atoms with van der Waals surface area (Å²) in [6, 6.07) is 10.1. The highest BCUT2D eigenvalue weighted by Gasteiger charge is 2.43. The molecule has 2 rings (SSSR count). The third kappa shape index (κ3) is 3.63. The number of unbranched alkanes of at least 4 members (excludes halogenated alkanes) is 1. The number of likely N-dealkylation sites (N-methyl/N-ethyl adjacent to an activating group) is 1. The predicted molar refractivity (Wildman–Crippen MR) is 84.3 cm³/mol. The standard InChI is InChI=1S/C17H26N2O2/c1-3-4-12-19(15-10-11-15)13-17(18-2,16(20)21)14-8-6-5-7-9-14/h5-9,15,18H,3-4,10-13H2,1-2H3,(H,20,21). The molecule has 0 spiro atoms. The highest BCUT2D eigenvalue weighted by molar-refractivity contribution is 5.81.